The van der Waals surface area contributed by atoms with Gasteiger partial charge in [-0.05, 0) is 18.2 Å². The van der Waals surface area contributed by atoms with Crippen LogP contribution < -0.4 is 0 Å². The molecule has 19 heavy (non-hydrogen) atoms. The van der Waals surface area contributed by atoms with E-state index in [1.165, 1.54) is 12.1 Å². The largest absolute Gasteiger partial charge is 0.416 e. The third-order valence-corrected chi connectivity index (χ3v) is 2.80. The molecule has 1 aromatic carbocycles. The molecule has 3 nitrogen and oxygen atoms in total. The van der Waals surface area contributed by atoms with Gasteiger partial charge in [0.1, 0.15) is 0 Å². The van der Waals surface area contributed by atoms with Crippen molar-refractivity contribution in [3.8, 4) is 11.3 Å². The number of fused-ring (bicyclic) bond motifs is 1. The number of alkyl halides is 3. The lowest BCUT2D eigenvalue weighted by Crippen LogP contribution is -2.04. The van der Waals surface area contributed by atoms with Crippen LogP contribution in [0, 0.1) is 0 Å². The number of aromatic nitrogens is 3. The van der Waals surface area contributed by atoms with Crippen LogP contribution in [-0.4, -0.2) is 14.4 Å². The zero-order valence-corrected chi connectivity index (χ0v) is 9.59. The minimum atomic E-state index is -4.32. The predicted molar refractivity (Wildman–Crippen MR) is 63.4 cm³/mol. The first kappa shape index (κ1) is 11.7. The van der Waals surface area contributed by atoms with Gasteiger partial charge in [0.15, 0.2) is 0 Å². The fourth-order valence-corrected chi connectivity index (χ4v) is 1.87. The topological polar surface area (TPSA) is 30.2 Å². The van der Waals surface area contributed by atoms with E-state index in [0.29, 0.717) is 17.0 Å². The van der Waals surface area contributed by atoms with Gasteiger partial charge in [-0.2, -0.15) is 13.2 Å². The van der Waals surface area contributed by atoms with Crippen molar-refractivity contribution in [2.45, 2.75) is 6.18 Å². The van der Waals surface area contributed by atoms with E-state index >= 15 is 0 Å². The molecule has 0 aliphatic heterocycles. The van der Waals surface area contributed by atoms with Crippen molar-refractivity contribution in [1.29, 1.82) is 0 Å². The highest BCUT2D eigenvalue weighted by Gasteiger charge is 2.30. The maximum atomic E-state index is 12.5. The van der Waals surface area contributed by atoms with E-state index in [1.54, 1.807) is 29.1 Å². The van der Waals surface area contributed by atoms with Gasteiger partial charge < -0.3 is 0 Å². The van der Waals surface area contributed by atoms with Crippen LogP contribution in [0.5, 0.6) is 0 Å². The van der Waals surface area contributed by atoms with Crippen LogP contribution in [0.25, 0.3) is 17.0 Å². The van der Waals surface area contributed by atoms with Gasteiger partial charge in [0, 0.05) is 18.0 Å². The van der Waals surface area contributed by atoms with Crippen molar-refractivity contribution in [2.24, 2.45) is 0 Å². The van der Waals surface area contributed by atoms with Gasteiger partial charge in [-0.1, -0.05) is 12.1 Å². The molecule has 0 N–H and O–H groups in total. The number of hydrogen-bond acceptors (Lipinski definition) is 2. The Morgan fingerprint density at radius 1 is 1.00 bits per heavy atom. The van der Waals surface area contributed by atoms with Crippen molar-refractivity contribution in [3.63, 3.8) is 0 Å². The molecule has 0 saturated heterocycles. The number of halogens is 3. The van der Waals surface area contributed by atoms with Crippen LogP contribution >= 0.6 is 0 Å². The molecule has 0 atom stereocenters. The first-order valence-electron chi connectivity index (χ1n) is 5.51. The highest BCUT2D eigenvalue weighted by atomic mass is 19.4. The van der Waals surface area contributed by atoms with Gasteiger partial charge in [-0.25, -0.2) is 9.97 Å². The second kappa shape index (κ2) is 4.08. The van der Waals surface area contributed by atoms with Gasteiger partial charge in [0.25, 0.3) is 0 Å². The van der Waals surface area contributed by atoms with E-state index in [9.17, 15) is 13.2 Å². The number of nitrogens with zero attached hydrogens (tertiary/aromatic N) is 3. The molecule has 0 spiro atoms. The van der Waals surface area contributed by atoms with Crippen LogP contribution in [-0.2, 0) is 6.18 Å². The van der Waals surface area contributed by atoms with E-state index in [4.69, 9.17) is 0 Å². The van der Waals surface area contributed by atoms with Crippen molar-refractivity contribution in [3.05, 3.63) is 54.5 Å². The average Bonchev–Trinajstić information content (AvgIpc) is 2.82. The fourth-order valence-electron chi connectivity index (χ4n) is 1.87. The molecule has 0 unspecified atom stereocenters. The Morgan fingerprint density at radius 2 is 1.74 bits per heavy atom. The number of imidazole rings is 1. The van der Waals surface area contributed by atoms with Gasteiger partial charge in [0.05, 0.1) is 17.5 Å². The standard InChI is InChI=1S/C13H8F3N3/c14-13(15,16)10-4-2-9(3-5-10)11-8-18-12-17-6-1-7-19(11)12/h1-8H. The SMILES string of the molecule is FC(F)(F)c1ccc(-c2cnc3ncccn23)cc1. The third kappa shape index (κ3) is 2.05. The highest BCUT2D eigenvalue weighted by Crippen LogP contribution is 2.30. The first-order chi connectivity index (χ1) is 9.05. The molecule has 0 amide bonds. The van der Waals surface area contributed by atoms with E-state index < -0.39 is 11.7 Å². The molecule has 3 rings (SSSR count). The van der Waals surface area contributed by atoms with Crippen molar-refractivity contribution < 1.29 is 13.2 Å². The molecule has 2 heterocycles. The average molecular weight is 263 g/mol. The van der Waals surface area contributed by atoms with Gasteiger partial charge in [0.2, 0.25) is 5.78 Å². The predicted octanol–water partition coefficient (Wildman–Crippen LogP) is 3.42. The molecule has 6 heteroatoms. The van der Waals surface area contributed by atoms with Crippen molar-refractivity contribution in [2.75, 3.05) is 0 Å². The first-order valence-corrected chi connectivity index (χ1v) is 5.51. The summed E-state index contributed by atoms with van der Waals surface area (Å²) in [6.45, 7) is 0. The van der Waals surface area contributed by atoms with Crippen molar-refractivity contribution in [1.82, 2.24) is 14.4 Å². The van der Waals surface area contributed by atoms with E-state index in [2.05, 4.69) is 9.97 Å². The molecule has 0 aliphatic carbocycles. The number of rotatable bonds is 1. The molecule has 0 fully saturated rings. The van der Waals surface area contributed by atoms with Crippen LogP contribution in [0.3, 0.4) is 0 Å². The normalized spacial score (nSPS) is 11.9. The minimum absolute atomic E-state index is 0.511. The Labute approximate surface area is 106 Å². The molecule has 0 bridgehead atoms. The van der Waals surface area contributed by atoms with Crippen LogP contribution in [0.1, 0.15) is 5.56 Å². The summed E-state index contributed by atoms with van der Waals surface area (Å²) >= 11 is 0. The lowest BCUT2D eigenvalue weighted by atomic mass is 10.1. The summed E-state index contributed by atoms with van der Waals surface area (Å²) in [7, 11) is 0. The Bertz CT molecular complexity index is 714. The summed E-state index contributed by atoms with van der Waals surface area (Å²) in [4.78, 5) is 8.15. The molecule has 0 radical (unpaired) electrons. The molecular weight excluding hydrogens is 255 g/mol. The quantitative estimate of drug-likeness (QED) is 0.673. The summed E-state index contributed by atoms with van der Waals surface area (Å²) in [6, 6.07) is 6.72. The third-order valence-electron chi connectivity index (χ3n) is 2.80. The maximum absolute atomic E-state index is 12.5. The van der Waals surface area contributed by atoms with E-state index in [1.807, 2.05) is 0 Å². The monoisotopic (exact) mass is 263 g/mol. The summed E-state index contributed by atoms with van der Waals surface area (Å²) in [6.07, 6.45) is 0.645. The molecule has 0 saturated carbocycles. The van der Waals surface area contributed by atoms with Gasteiger partial charge in [-0.3, -0.25) is 4.40 Å². The molecule has 3 aromatic rings. The van der Waals surface area contributed by atoms with Crippen LogP contribution in [0.4, 0.5) is 13.2 Å². The summed E-state index contributed by atoms with van der Waals surface area (Å²) < 4.78 is 39.2. The zero-order chi connectivity index (χ0) is 13.5. The minimum Gasteiger partial charge on any atom is -0.284 e. The Balaban J connectivity index is 2.07. The smallest absolute Gasteiger partial charge is 0.284 e. The highest BCUT2D eigenvalue weighted by molar-refractivity contribution is 5.62. The second-order valence-corrected chi connectivity index (χ2v) is 4.01. The molecule has 2 aromatic heterocycles. The Hall–Kier alpha value is -2.37. The maximum Gasteiger partial charge on any atom is 0.416 e. The summed E-state index contributed by atoms with van der Waals surface area (Å²) in [5, 5.41) is 0. The van der Waals surface area contributed by atoms with E-state index in [0.717, 1.165) is 12.1 Å². The van der Waals surface area contributed by atoms with Crippen molar-refractivity contribution >= 4 is 5.78 Å². The zero-order valence-electron chi connectivity index (χ0n) is 9.59. The fraction of sp³-hybridized carbons (Fsp3) is 0.0769. The lowest BCUT2D eigenvalue weighted by molar-refractivity contribution is -0.137. The second-order valence-electron chi connectivity index (χ2n) is 4.01. The van der Waals surface area contributed by atoms with Crippen LogP contribution in [0.2, 0.25) is 0 Å². The van der Waals surface area contributed by atoms with Gasteiger partial charge in [-0.15, -0.1) is 0 Å². The number of benzene rings is 1. The molecular formula is C13H8F3N3. The van der Waals surface area contributed by atoms with E-state index in [-0.39, 0.29) is 0 Å². The van der Waals surface area contributed by atoms with Gasteiger partial charge >= 0.3 is 6.18 Å². The Morgan fingerprint density at radius 3 is 2.42 bits per heavy atom. The number of hydrogen-bond donors (Lipinski definition) is 0. The Kier molecular flexibility index (Phi) is 2.51. The molecule has 96 valence electrons. The lowest BCUT2D eigenvalue weighted by Gasteiger charge is -2.07. The summed E-state index contributed by atoms with van der Waals surface area (Å²) in [5.74, 6) is 0.511. The van der Waals surface area contributed by atoms with Crippen LogP contribution in [0.15, 0.2) is 48.9 Å². The molecule has 0 aliphatic rings. The summed E-state index contributed by atoms with van der Waals surface area (Å²) in [5.41, 5.74) is 0.702.